The molecular weight excluding hydrogens is 372 g/mol. The second kappa shape index (κ2) is 7.02. The molecule has 0 atom stereocenters. The summed E-state index contributed by atoms with van der Waals surface area (Å²) in [5, 5.41) is 0. The summed E-state index contributed by atoms with van der Waals surface area (Å²) >= 11 is 1.19. The lowest BCUT2D eigenvalue weighted by atomic mass is 9.93. The van der Waals surface area contributed by atoms with Crippen molar-refractivity contribution in [3.05, 3.63) is 51.0 Å². The number of rotatable bonds is 6. The number of carbonyl (C=O) groups excluding carboxylic acids is 2. The number of thiophene rings is 1. The van der Waals surface area contributed by atoms with Crippen LogP contribution in [0.25, 0.3) is 0 Å². The number of hydrogen-bond acceptors (Lipinski definition) is 6. The van der Waals surface area contributed by atoms with Crippen LogP contribution in [0, 0.1) is 5.92 Å². The van der Waals surface area contributed by atoms with E-state index >= 15 is 0 Å². The van der Waals surface area contributed by atoms with Gasteiger partial charge < -0.3 is 0 Å². The number of hydrogen-bond donors (Lipinski definition) is 0. The third-order valence-electron chi connectivity index (χ3n) is 4.12. The van der Waals surface area contributed by atoms with Crippen LogP contribution < -0.4 is 0 Å². The zero-order valence-corrected chi connectivity index (χ0v) is 16.5. The Balaban J connectivity index is 1.93. The number of nitrogens with zero attached hydrogens (tertiary/aromatic N) is 2. The first kappa shape index (κ1) is 18.9. The summed E-state index contributed by atoms with van der Waals surface area (Å²) in [5.74, 6) is -0.425. The van der Waals surface area contributed by atoms with Crippen LogP contribution in [0.2, 0.25) is 0 Å². The van der Waals surface area contributed by atoms with Crippen molar-refractivity contribution in [3.63, 3.8) is 0 Å². The second-order valence-electron chi connectivity index (χ2n) is 6.61. The van der Waals surface area contributed by atoms with Crippen LogP contribution in [0.1, 0.15) is 56.9 Å². The first-order chi connectivity index (χ1) is 12.2. The number of sulfonamides is 1. The molecule has 1 aliphatic carbocycles. The largest absolute Gasteiger partial charge is 0.288 e. The monoisotopic (exact) mass is 392 g/mol. The van der Waals surface area contributed by atoms with E-state index in [4.69, 9.17) is 0 Å². The summed E-state index contributed by atoms with van der Waals surface area (Å²) in [6.45, 7) is 5.99. The lowest BCUT2D eigenvalue weighted by Gasteiger charge is -2.20. The van der Waals surface area contributed by atoms with Crippen molar-refractivity contribution in [3.8, 4) is 0 Å². The Kier molecular flexibility index (Phi) is 5.09. The molecule has 138 valence electrons. The average molecular weight is 393 g/mol. The molecule has 3 rings (SSSR count). The van der Waals surface area contributed by atoms with E-state index in [9.17, 15) is 18.0 Å². The maximum absolute atomic E-state index is 12.7. The topological polar surface area (TPSA) is 84.4 Å². The Bertz CT molecular complexity index is 924. The van der Waals surface area contributed by atoms with Crippen LogP contribution in [0.4, 0.5) is 0 Å². The molecule has 2 heterocycles. The zero-order valence-electron chi connectivity index (χ0n) is 14.9. The molecule has 0 unspecified atom stereocenters. The predicted octanol–water partition coefficient (Wildman–Crippen LogP) is 2.73. The van der Waals surface area contributed by atoms with E-state index in [0.717, 1.165) is 0 Å². The molecule has 0 fully saturated rings. The first-order valence-corrected chi connectivity index (χ1v) is 10.8. The lowest BCUT2D eigenvalue weighted by molar-refractivity contribution is 0.0978. The van der Waals surface area contributed by atoms with Crippen LogP contribution in [0.15, 0.2) is 24.4 Å². The van der Waals surface area contributed by atoms with Crippen LogP contribution in [-0.4, -0.2) is 41.6 Å². The molecule has 0 amide bonds. The highest BCUT2D eigenvalue weighted by Gasteiger charge is 2.33. The minimum absolute atomic E-state index is 0.0225. The Morgan fingerprint density at radius 1 is 1.19 bits per heavy atom. The van der Waals surface area contributed by atoms with Gasteiger partial charge in [0, 0.05) is 29.7 Å². The van der Waals surface area contributed by atoms with Crippen molar-refractivity contribution >= 4 is 32.9 Å². The van der Waals surface area contributed by atoms with Gasteiger partial charge in [-0.25, -0.2) is 8.42 Å². The molecule has 2 aromatic rings. The van der Waals surface area contributed by atoms with Gasteiger partial charge in [-0.1, -0.05) is 20.8 Å². The van der Waals surface area contributed by atoms with Crippen molar-refractivity contribution < 1.29 is 18.0 Å². The third-order valence-corrected chi connectivity index (χ3v) is 7.50. The summed E-state index contributed by atoms with van der Waals surface area (Å²) in [7, 11) is -3.39. The van der Waals surface area contributed by atoms with E-state index in [-0.39, 0.29) is 35.5 Å². The van der Waals surface area contributed by atoms with Crippen LogP contribution in [0.3, 0.4) is 0 Å². The van der Waals surface area contributed by atoms with E-state index in [0.29, 0.717) is 27.4 Å². The average Bonchev–Trinajstić information content (AvgIpc) is 3.00. The smallest absolute Gasteiger partial charge is 0.214 e. The number of pyridine rings is 1. The van der Waals surface area contributed by atoms with Crippen molar-refractivity contribution in [2.24, 2.45) is 5.92 Å². The van der Waals surface area contributed by atoms with Crippen molar-refractivity contribution in [1.82, 2.24) is 9.29 Å². The fourth-order valence-electron chi connectivity index (χ4n) is 2.98. The maximum atomic E-state index is 12.7. The van der Waals surface area contributed by atoms with Gasteiger partial charge in [-0.3, -0.25) is 14.6 Å². The van der Waals surface area contributed by atoms with Crippen LogP contribution in [0.5, 0.6) is 0 Å². The van der Waals surface area contributed by atoms with Gasteiger partial charge in [0.1, 0.15) is 5.69 Å². The molecule has 0 aliphatic heterocycles. The molecule has 0 spiro atoms. The first-order valence-electron chi connectivity index (χ1n) is 8.39. The van der Waals surface area contributed by atoms with Gasteiger partial charge in [0.05, 0.1) is 16.2 Å². The van der Waals surface area contributed by atoms with Gasteiger partial charge in [-0.05, 0) is 24.1 Å². The standard InChI is InChI=1S/C18H20N2O4S2/c1-4-20(26(23,24)10-11(2)3)9-12-8-14-16(21)15-13(6-5-7-19-15)17(22)18(14)25-12/h5-8,11H,4,9-10H2,1-3H3. The van der Waals surface area contributed by atoms with Gasteiger partial charge in [-0.15, -0.1) is 11.3 Å². The Labute approximate surface area is 156 Å². The maximum Gasteiger partial charge on any atom is 0.214 e. The number of ketones is 2. The highest BCUT2D eigenvalue weighted by Crippen LogP contribution is 2.33. The molecule has 6 nitrogen and oxygen atoms in total. The van der Waals surface area contributed by atoms with Gasteiger partial charge in [0.15, 0.2) is 0 Å². The van der Waals surface area contributed by atoms with E-state index in [1.807, 2.05) is 13.8 Å². The fourth-order valence-corrected chi connectivity index (χ4v) is 5.97. The van der Waals surface area contributed by atoms with E-state index < -0.39 is 10.0 Å². The number of fused-ring (bicyclic) bond motifs is 2. The predicted molar refractivity (Wildman–Crippen MR) is 100 cm³/mol. The lowest BCUT2D eigenvalue weighted by Crippen LogP contribution is -2.33. The summed E-state index contributed by atoms with van der Waals surface area (Å²) in [6.07, 6.45) is 1.49. The highest BCUT2D eigenvalue weighted by molar-refractivity contribution is 7.89. The van der Waals surface area contributed by atoms with Crippen LogP contribution in [-0.2, 0) is 16.6 Å². The van der Waals surface area contributed by atoms with E-state index in [1.54, 1.807) is 25.1 Å². The van der Waals surface area contributed by atoms with Crippen molar-refractivity contribution in [2.45, 2.75) is 27.3 Å². The highest BCUT2D eigenvalue weighted by atomic mass is 32.2. The van der Waals surface area contributed by atoms with Gasteiger partial charge >= 0.3 is 0 Å². The molecule has 0 saturated heterocycles. The summed E-state index contributed by atoms with van der Waals surface area (Å²) in [4.78, 5) is 30.4. The molecule has 0 aromatic carbocycles. The van der Waals surface area contributed by atoms with E-state index in [2.05, 4.69) is 4.98 Å². The normalized spacial score (nSPS) is 14.0. The summed E-state index contributed by atoms with van der Waals surface area (Å²) < 4.78 is 26.4. The van der Waals surface area contributed by atoms with Crippen LogP contribution >= 0.6 is 11.3 Å². The summed E-state index contributed by atoms with van der Waals surface area (Å²) in [6, 6.07) is 4.85. The molecule has 2 aromatic heterocycles. The van der Waals surface area contributed by atoms with Gasteiger partial charge in [0.25, 0.3) is 0 Å². The zero-order chi connectivity index (χ0) is 19.1. The number of aromatic nitrogens is 1. The Morgan fingerprint density at radius 3 is 2.58 bits per heavy atom. The van der Waals surface area contributed by atoms with Gasteiger partial charge in [0.2, 0.25) is 21.6 Å². The summed E-state index contributed by atoms with van der Waals surface area (Å²) in [5.41, 5.74) is 0.783. The molecule has 0 N–H and O–H groups in total. The molecule has 0 saturated carbocycles. The third kappa shape index (κ3) is 3.36. The molecule has 8 heteroatoms. The molecular formula is C18H20N2O4S2. The quantitative estimate of drug-likeness (QED) is 0.644. The Hall–Kier alpha value is -1.90. The van der Waals surface area contributed by atoms with Crippen molar-refractivity contribution in [1.29, 1.82) is 0 Å². The Morgan fingerprint density at radius 2 is 1.92 bits per heavy atom. The molecule has 0 radical (unpaired) electrons. The van der Waals surface area contributed by atoms with Crippen molar-refractivity contribution in [2.75, 3.05) is 12.3 Å². The minimum atomic E-state index is -3.39. The minimum Gasteiger partial charge on any atom is -0.288 e. The van der Waals surface area contributed by atoms with Gasteiger partial charge in [-0.2, -0.15) is 4.31 Å². The second-order valence-corrected chi connectivity index (χ2v) is 9.76. The number of carbonyl (C=O) groups is 2. The molecule has 26 heavy (non-hydrogen) atoms. The molecule has 1 aliphatic rings. The SMILES string of the molecule is CCN(Cc1cc2c(s1)C(=O)c1cccnc1C2=O)S(=O)(=O)CC(C)C. The van der Waals surface area contributed by atoms with E-state index in [1.165, 1.54) is 21.8 Å². The fraction of sp³-hybridized carbons (Fsp3) is 0.389. The molecule has 0 bridgehead atoms.